The minimum Gasteiger partial charge on any atom is -0.449 e. The van der Waals surface area contributed by atoms with Crippen LogP contribution in [-0.4, -0.2) is 35.9 Å². The molecule has 92 valence electrons. The second-order valence-electron chi connectivity index (χ2n) is 4.10. The molecule has 0 spiro atoms. The van der Waals surface area contributed by atoms with Crippen molar-refractivity contribution in [1.82, 2.24) is 4.90 Å². The Morgan fingerprint density at radius 3 is 2.82 bits per heavy atom. The molecule has 1 heterocycles. The van der Waals surface area contributed by atoms with Gasteiger partial charge in [-0.2, -0.15) is 0 Å². The van der Waals surface area contributed by atoms with Crippen molar-refractivity contribution < 1.29 is 14.6 Å². The van der Waals surface area contributed by atoms with Crippen LogP contribution in [0.1, 0.15) is 24.4 Å². The Kier molecular flexibility index (Phi) is 3.98. The number of ether oxygens (including phenoxy) is 1. The zero-order valence-electron chi connectivity index (χ0n) is 9.71. The third-order valence-electron chi connectivity index (χ3n) is 2.97. The molecule has 1 unspecified atom stereocenters. The highest BCUT2D eigenvalue weighted by Crippen LogP contribution is 2.28. The Balaban J connectivity index is 2.14. The van der Waals surface area contributed by atoms with E-state index in [-0.39, 0.29) is 18.7 Å². The fourth-order valence-corrected chi connectivity index (χ4v) is 2.13. The molecule has 4 heteroatoms. The molecule has 1 aliphatic heterocycles. The van der Waals surface area contributed by atoms with Gasteiger partial charge in [-0.3, -0.25) is 0 Å². The Hall–Kier alpha value is -1.55. The average molecular weight is 235 g/mol. The van der Waals surface area contributed by atoms with Crippen molar-refractivity contribution in [3.05, 3.63) is 35.9 Å². The summed E-state index contributed by atoms with van der Waals surface area (Å²) in [6.45, 7) is 1.09. The highest BCUT2D eigenvalue weighted by atomic mass is 16.6. The predicted molar refractivity (Wildman–Crippen MR) is 63.6 cm³/mol. The topological polar surface area (TPSA) is 49.8 Å². The van der Waals surface area contributed by atoms with Crippen LogP contribution in [0.2, 0.25) is 0 Å². The number of amides is 1. The van der Waals surface area contributed by atoms with Crippen LogP contribution in [0.25, 0.3) is 0 Å². The van der Waals surface area contributed by atoms with E-state index < -0.39 is 0 Å². The smallest absolute Gasteiger partial charge is 0.410 e. The number of aliphatic hydroxyl groups excluding tert-OH is 1. The summed E-state index contributed by atoms with van der Waals surface area (Å²) < 4.78 is 5.04. The summed E-state index contributed by atoms with van der Waals surface area (Å²) in [5.74, 6) is 0. The van der Waals surface area contributed by atoms with Crippen molar-refractivity contribution in [3.8, 4) is 0 Å². The van der Waals surface area contributed by atoms with E-state index in [1.807, 2.05) is 30.3 Å². The summed E-state index contributed by atoms with van der Waals surface area (Å²) in [6, 6.07) is 10.0. The number of carbonyl (C=O) groups is 1. The first kappa shape index (κ1) is 11.9. The van der Waals surface area contributed by atoms with Crippen LogP contribution < -0.4 is 0 Å². The van der Waals surface area contributed by atoms with Gasteiger partial charge in [-0.15, -0.1) is 0 Å². The molecule has 1 aliphatic rings. The van der Waals surface area contributed by atoms with Gasteiger partial charge in [-0.25, -0.2) is 4.79 Å². The van der Waals surface area contributed by atoms with E-state index in [9.17, 15) is 4.79 Å². The molecule has 0 aromatic heterocycles. The van der Waals surface area contributed by atoms with Gasteiger partial charge < -0.3 is 14.7 Å². The van der Waals surface area contributed by atoms with Crippen LogP contribution in [0.15, 0.2) is 30.3 Å². The summed E-state index contributed by atoms with van der Waals surface area (Å²) in [5.41, 5.74) is 1.13. The van der Waals surface area contributed by atoms with E-state index in [2.05, 4.69) is 0 Å². The molecule has 0 saturated carbocycles. The van der Waals surface area contributed by atoms with Crippen LogP contribution >= 0.6 is 0 Å². The van der Waals surface area contributed by atoms with Crippen molar-refractivity contribution in [1.29, 1.82) is 0 Å². The van der Waals surface area contributed by atoms with Crippen molar-refractivity contribution in [2.75, 3.05) is 19.8 Å². The van der Waals surface area contributed by atoms with Gasteiger partial charge in [0.25, 0.3) is 0 Å². The first-order chi connectivity index (χ1) is 8.33. The standard InChI is InChI=1S/C13H17NO3/c15-9-4-8-14-12(7-10-17-13(14)16)11-5-2-1-3-6-11/h1-3,5-6,12,15H,4,7-10H2. The van der Waals surface area contributed by atoms with E-state index in [4.69, 9.17) is 9.84 Å². The second kappa shape index (κ2) is 5.68. The van der Waals surface area contributed by atoms with Gasteiger partial charge in [0.15, 0.2) is 0 Å². The van der Waals surface area contributed by atoms with Gasteiger partial charge in [-0.05, 0) is 12.0 Å². The Labute approximate surface area is 101 Å². The van der Waals surface area contributed by atoms with Crippen LogP contribution in [0, 0.1) is 0 Å². The van der Waals surface area contributed by atoms with E-state index >= 15 is 0 Å². The molecular weight excluding hydrogens is 218 g/mol. The number of benzene rings is 1. The van der Waals surface area contributed by atoms with E-state index in [1.165, 1.54) is 0 Å². The number of hydrogen-bond donors (Lipinski definition) is 1. The van der Waals surface area contributed by atoms with Gasteiger partial charge in [0.1, 0.15) is 0 Å². The first-order valence-corrected chi connectivity index (χ1v) is 5.92. The minimum absolute atomic E-state index is 0.0731. The van der Waals surface area contributed by atoms with Gasteiger partial charge >= 0.3 is 6.09 Å². The predicted octanol–water partition coefficient (Wildman–Crippen LogP) is 1.95. The second-order valence-corrected chi connectivity index (χ2v) is 4.10. The number of aliphatic hydroxyl groups is 1. The molecule has 2 rings (SSSR count). The Morgan fingerprint density at radius 1 is 1.35 bits per heavy atom. The Bertz CT molecular complexity index is 366. The highest BCUT2D eigenvalue weighted by Gasteiger charge is 2.29. The molecule has 1 fully saturated rings. The van der Waals surface area contributed by atoms with Crippen LogP contribution in [0.3, 0.4) is 0 Å². The number of cyclic esters (lactones) is 1. The van der Waals surface area contributed by atoms with Gasteiger partial charge in [0.05, 0.1) is 12.6 Å². The molecule has 0 aliphatic carbocycles. The van der Waals surface area contributed by atoms with Crippen molar-refractivity contribution in [2.45, 2.75) is 18.9 Å². The number of hydrogen-bond acceptors (Lipinski definition) is 3. The third kappa shape index (κ3) is 2.77. The molecule has 1 N–H and O–H groups in total. The lowest BCUT2D eigenvalue weighted by Gasteiger charge is -2.35. The summed E-state index contributed by atoms with van der Waals surface area (Å²) in [5, 5.41) is 8.86. The maximum absolute atomic E-state index is 11.7. The lowest BCUT2D eigenvalue weighted by Crippen LogP contribution is -2.41. The highest BCUT2D eigenvalue weighted by molar-refractivity contribution is 5.69. The van der Waals surface area contributed by atoms with Crippen LogP contribution in [-0.2, 0) is 4.74 Å². The molecule has 1 saturated heterocycles. The summed E-state index contributed by atoms with van der Waals surface area (Å²) in [6.07, 6.45) is 1.11. The normalized spacial score (nSPS) is 20.2. The fourth-order valence-electron chi connectivity index (χ4n) is 2.13. The van der Waals surface area contributed by atoms with Crippen LogP contribution in [0.5, 0.6) is 0 Å². The maximum Gasteiger partial charge on any atom is 0.410 e. The van der Waals surface area contributed by atoms with Crippen LogP contribution in [0.4, 0.5) is 4.79 Å². The largest absolute Gasteiger partial charge is 0.449 e. The van der Waals surface area contributed by atoms with Gasteiger partial charge in [0, 0.05) is 19.6 Å². The molecule has 1 aromatic rings. The molecule has 1 amide bonds. The van der Waals surface area contributed by atoms with Gasteiger partial charge in [-0.1, -0.05) is 30.3 Å². The summed E-state index contributed by atoms with van der Waals surface area (Å²) in [4.78, 5) is 13.4. The maximum atomic E-state index is 11.7. The number of rotatable bonds is 4. The number of nitrogens with zero attached hydrogens (tertiary/aromatic N) is 1. The molecule has 1 aromatic carbocycles. The SMILES string of the molecule is O=C1OCCC(c2ccccc2)N1CCCO. The Morgan fingerprint density at radius 2 is 2.12 bits per heavy atom. The zero-order chi connectivity index (χ0) is 12.1. The molecule has 0 radical (unpaired) electrons. The molecular formula is C13H17NO3. The lowest BCUT2D eigenvalue weighted by atomic mass is 10.0. The minimum atomic E-state index is -0.279. The van der Waals surface area contributed by atoms with E-state index in [1.54, 1.807) is 4.90 Å². The summed E-state index contributed by atoms with van der Waals surface area (Å²) in [7, 11) is 0. The monoisotopic (exact) mass is 235 g/mol. The average Bonchev–Trinajstić information content (AvgIpc) is 2.38. The van der Waals surface area contributed by atoms with Crippen molar-refractivity contribution in [2.24, 2.45) is 0 Å². The number of carbonyl (C=O) groups excluding carboxylic acids is 1. The quantitative estimate of drug-likeness (QED) is 0.867. The fraction of sp³-hybridized carbons (Fsp3) is 0.462. The zero-order valence-corrected chi connectivity index (χ0v) is 9.71. The molecule has 1 atom stereocenters. The first-order valence-electron chi connectivity index (χ1n) is 5.92. The summed E-state index contributed by atoms with van der Waals surface area (Å²) >= 11 is 0. The van der Waals surface area contributed by atoms with E-state index in [0.29, 0.717) is 19.6 Å². The van der Waals surface area contributed by atoms with Crippen molar-refractivity contribution in [3.63, 3.8) is 0 Å². The van der Waals surface area contributed by atoms with Gasteiger partial charge in [0.2, 0.25) is 0 Å². The third-order valence-corrected chi connectivity index (χ3v) is 2.97. The molecule has 4 nitrogen and oxygen atoms in total. The molecule has 17 heavy (non-hydrogen) atoms. The lowest BCUT2D eigenvalue weighted by molar-refractivity contribution is 0.0412. The van der Waals surface area contributed by atoms with Crippen molar-refractivity contribution >= 4 is 6.09 Å². The molecule has 0 bridgehead atoms. The van der Waals surface area contributed by atoms with E-state index in [0.717, 1.165) is 12.0 Å².